The average Bonchev–Trinajstić information content (AvgIpc) is 3.01. The lowest BCUT2D eigenvalue weighted by Crippen LogP contribution is -2.38. The molecule has 1 fully saturated rings. The van der Waals surface area contributed by atoms with Crippen molar-refractivity contribution in [3.63, 3.8) is 0 Å². The van der Waals surface area contributed by atoms with Crippen LogP contribution in [0, 0.1) is 5.82 Å². The summed E-state index contributed by atoms with van der Waals surface area (Å²) in [6, 6.07) is 14.2. The van der Waals surface area contributed by atoms with E-state index in [-0.39, 0.29) is 23.7 Å². The first-order chi connectivity index (χ1) is 13.0. The van der Waals surface area contributed by atoms with Crippen molar-refractivity contribution in [2.24, 2.45) is 0 Å². The topological polar surface area (TPSA) is 49.4 Å². The monoisotopic (exact) mass is 368 g/mol. The van der Waals surface area contributed by atoms with E-state index in [1.807, 2.05) is 24.3 Å². The maximum atomic E-state index is 13.0. The lowest BCUT2D eigenvalue weighted by atomic mass is 10.1. The minimum atomic E-state index is -0.261. The van der Waals surface area contributed by atoms with E-state index in [1.54, 1.807) is 17.0 Å². The molecule has 0 aromatic heterocycles. The normalized spacial score (nSPS) is 16.6. The maximum absolute atomic E-state index is 13.0. The lowest BCUT2D eigenvalue weighted by Gasteiger charge is -2.17. The Bertz CT molecular complexity index is 787. The van der Waals surface area contributed by atoms with Crippen molar-refractivity contribution in [3.8, 4) is 0 Å². The number of carbonyl (C=O) groups excluding carboxylic acids is 2. The van der Waals surface area contributed by atoms with Crippen LogP contribution in [0.4, 0.5) is 4.39 Å². The van der Waals surface area contributed by atoms with Crippen LogP contribution in [0.2, 0.25) is 0 Å². The van der Waals surface area contributed by atoms with Gasteiger partial charge in [0, 0.05) is 19.5 Å². The highest BCUT2D eigenvalue weighted by molar-refractivity contribution is 5.83. The molecule has 1 aliphatic heterocycles. The van der Waals surface area contributed by atoms with E-state index in [1.165, 1.54) is 17.7 Å². The van der Waals surface area contributed by atoms with Gasteiger partial charge in [0.2, 0.25) is 11.8 Å². The Morgan fingerprint density at radius 2 is 1.70 bits per heavy atom. The van der Waals surface area contributed by atoms with Gasteiger partial charge in [0.25, 0.3) is 0 Å². The minimum absolute atomic E-state index is 0.0507. The van der Waals surface area contributed by atoms with Crippen LogP contribution in [0.3, 0.4) is 0 Å². The van der Waals surface area contributed by atoms with Crippen molar-refractivity contribution in [2.75, 3.05) is 13.1 Å². The number of nitrogens with one attached hydrogen (secondary N) is 1. The van der Waals surface area contributed by atoms with Crippen LogP contribution in [0.25, 0.3) is 0 Å². The lowest BCUT2D eigenvalue weighted by molar-refractivity contribution is -0.127. The third-order valence-electron chi connectivity index (χ3n) is 4.96. The molecule has 1 unspecified atom stereocenters. The first-order valence-corrected chi connectivity index (χ1v) is 9.43. The highest BCUT2D eigenvalue weighted by Crippen LogP contribution is 2.13. The van der Waals surface area contributed by atoms with E-state index in [9.17, 15) is 14.0 Å². The largest absolute Gasteiger partial charge is 0.351 e. The Hall–Kier alpha value is -2.69. The summed E-state index contributed by atoms with van der Waals surface area (Å²) < 4.78 is 13.0. The van der Waals surface area contributed by atoms with E-state index >= 15 is 0 Å². The fraction of sp³-hybridized carbons (Fsp3) is 0.364. The molecule has 1 saturated heterocycles. The molecule has 3 rings (SSSR count). The molecule has 1 N–H and O–H groups in total. The number of rotatable bonds is 7. The van der Waals surface area contributed by atoms with Crippen molar-refractivity contribution >= 4 is 11.8 Å². The van der Waals surface area contributed by atoms with Gasteiger partial charge in [-0.3, -0.25) is 9.59 Å². The summed E-state index contributed by atoms with van der Waals surface area (Å²) in [6.45, 7) is 3.20. The molecule has 0 aliphatic carbocycles. The van der Waals surface area contributed by atoms with Crippen LogP contribution in [0.5, 0.6) is 0 Å². The van der Waals surface area contributed by atoms with Crippen molar-refractivity contribution in [3.05, 3.63) is 71.0 Å². The Balaban J connectivity index is 1.46. The van der Waals surface area contributed by atoms with Crippen molar-refractivity contribution in [1.29, 1.82) is 0 Å². The first-order valence-electron chi connectivity index (χ1n) is 9.43. The zero-order valence-corrected chi connectivity index (χ0v) is 15.6. The van der Waals surface area contributed by atoms with E-state index in [0.717, 1.165) is 17.5 Å². The third-order valence-corrected chi connectivity index (χ3v) is 4.96. The molecule has 142 valence electrons. The Morgan fingerprint density at radius 1 is 1.07 bits per heavy atom. The van der Waals surface area contributed by atoms with Gasteiger partial charge in [0.1, 0.15) is 5.82 Å². The van der Waals surface area contributed by atoms with Crippen LogP contribution >= 0.6 is 0 Å². The Morgan fingerprint density at radius 3 is 2.37 bits per heavy atom. The number of amides is 2. The summed E-state index contributed by atoms with van der Waals surface area (Å²) >= 11 is 0. The van der Waals surface area contributed by atoms with E-state index in [4.69, 9.17) is 0 Å². The van der Waals surface area contributed by atoms with Gasteiger partial charge >= 0.3 is 0 Å². The number of benzene rings is 2. The molecule has 1 atom stereocenters. The summed E-state index contributed by atoms with van der Waals surface area (Å²) in [5.41, 5.74) is 3.21. The SMILES string of the molecule is CCc1ccc(CC(=O)NC2CC(=O)N(CCc3ccc(F)cc3)C2)cc1. The molecule has 2 aromatic carbocycles. The van der Waals surface area contributed by atoms with E-state index < -0.39 is 0 Å². The zero-order valence-electron chi connectivity index (χ0n) is 15.6. The van der Waals surface area contributed by atoms with Gasteiger partial charge in [-0.15, -0.1) is 0 Å². The average molecular weight is 368 g/mol. The molecular weight excluding hydrogens is 343 g/mol. The van der Waals surface area contributed by atoms with E-state index in [0.29, 0.717) is 32.4 Å². The van der Waals surface area contributed by atoms with Crippen LogP contribution in [0.15, 0.2) is 48.5 Å². The summed E-state index contributed by atoms with van der Waals surface area (Å²) in [4.78, 5) is 26.2. The summed E-state index contributed by atoms with van der Waals surface area (Å²) in [7, 11) is 0. The number of hydrogen-bond donors (Lipinski definition) is 1. The molecular formula is C22H25FN2O2. The molecule has 0 saturated carbocycles. The van der Waals surface area contributed by atoms with Gasteiger partial charge in [-0.2, -0.15) is 0 Å². The van der Waals surface area contributed by atoms with Crippen LogP contribution in [0.1, 0.15) is 30.0 Å². The van der Waals surface area contributed by atoms with Gasteiger partial charge in [-0.25, -0.2) is 4.39 Å². The van der Waals surface area contributed by atoms with Crippen molar-refractivity contribution in [2.45, 2.75) is 38.6 Å². The predicted molar refractivity (Wildman–Crippen MR) is 103 cm³/mol. The van der Waals surface area contributed by atoms with Gasteiger partial charge in [0.15, 0.2) is 0 Å². The van der Waals surface area contributed by atoms with E-state index in [2.05, 4.69) is 12.2 Å². The second kappa shape index (κ2) is 8.80. The maximum Gasteiger partial charge on any atom is 0.224 e. The predicted octanol–water partition coefficient (Wildman–Crippen LogP) is 2.89. The van der Waals surface area contributed by atoms with Crippen molar-refractivity contribution in [1.82, 2.24) is 10.2 Å². The second-order valence-electron chi connectivity index (χ2n) is 7.03. The number of aryl methyl sites for hydroxylation is 1. The number of likely N-dealkylation sites (tertiary alicyclic amines) is 1. The summed E-state index contributed by atoms with van der Waals surface area (Å²) in [6.07, 6.45) is 2.31. The minimum Gasteiger partial charge on any atom is -0.351 e. The highest BCUT2D eigenvalue weighted by atomic mass is 19.1. The fourth-order valence-corrected chi connectivity index (χ4v) is 3.36. The Kier molecular flexibility index (Phi) is 6.22. The summed E-state index contributed by atoms with van der Waals surface area (Å²) in [5, 5.41) is 2.97. The summed E-state index contributed by atoms with van der Waals surface area (Å²) in [5.74, 6) is -0.268. The Labute approximate surface area is 159 Å². The zero-order chi connectivity index (χ0) is 19.2. The molecule has 1 heterocycles. The quantitative estimate of drug-likeness (QED) is 0.817. The molecule has 1 aliphatic rings. The third kappa shape index (κ3) is 5.39. The van der Waals surface area contributed by atoms with Crippen LogP contribution in [-0.2, 0) is 28.9 Å². The van der Waals surface area contributed by atoms with Gasteiger partial charge < -0.3 is 10.2 Å². The van der Waals surface area contributed by atoms with Gasteiger partial charge in [0.05, 0.1) is 12.5 Å². The number of carbonyl (C=O) groups is 2. The number of nitrogens with zero attached hydrogens (tertiary/aromatic N) is 1. The molecule has 0 radical (unpaired) electrons. The number of hydrogen-bond acceptors (Lipinski definition) is 2. The van der Waals surface area contributed by atoms with Gasteiger partial charge in [-0.1, -0.05) is 43.3 Å². The fourth-order valence-electron chi connectivity index (χ4n) is 3.36. The van der Waals surface area contributed by atoms with Crippen LogP contribution in [-0.4, -0.2) is 35.8 Å². The second-order valence-corrected chi connectivity index (χ2v) is 7.03. The molecule has 0 spiro atoms. The molecule has 0 bridgehead atoms. The standard InChI is InChI=1S/C22H25FN2O2/c1-2-16-3-5-18(6-4-16)13-21(26)24-20-14-22(27)25(15-20)12-11-17-7-9-19(23)10-8-17/h3-10,20H,2,11-15H2,1H3,(H,24,26). The molecule has 5 heteroatoms. The first kappa shape index (κ1) is 19.1. The molecule has 2 amide bonds. The molecule has 4 nitrogen and oxygen atoms in total. The number of halogens is 1. The highest BCUT2D eigenvalue weighted by Gasteiger charge is 2.30. The van der Waals surface area contributed by atoms with Crippen LogP contribution < -0.4 is 5.32 Å². The molecule has 27 heavy (non-hydrogen) atoms. The van der Waals surface area contributed by atoms with Gasteiger partial charge in [-0.05, 0) is 41.7 Å². The van der Waals surface area contributed by atoms with Crippen molar-refractivity contribution < 1.29 is 14.0 Å². The smallest absolute Gasteiger partial charge is 0.224 e. The molecule has 2 aromatic rings.